The first-order valence-electron chi connectivity index (χ1n) is 10.0. The lowest BCUT2D eigenvalue weighted by molar-refractivity contribution is -0.128. The van der Waals surface area contributed by atoms with Gasteiger partial charge in [0.2, 0.25) is 5.91 Å². The van der Waals surface area contributed by atoms with Gasteiger partial charge in [0, 0.05) is 32.1 Å². The molecule has 0 spiro atoms. The van der Waals surface area contributed by atoms with Crippen LogP contribution in [0.1, 0.15) is 42.9 Å². The minimum atomic E-state index is -0.160. The monoisotopic (exact) mass is 379 g/mol. The van der Waals surface area contributed by atoms with E-state index in [1.54, 1.807) is 0 Å². The van der Waals surface area contributed by atoms with Gasteiger partial charge in [0.05, 0.1) is 0 Å². The molecule has 2 aromatic carbocycles. The fourth-order valence-corrected chi connectivity index (χ4v) is 3.51. The van der Waals surface area contributed by atoms with Crippen LogP contribution >= 0.6 is 0 Å². The zero-order valence-corrected chi connectivity index (χ0v) is 16.5. The Morgan fingerprint density at radius 2 is 1.79 bits per heavy atom. The summed E-state index contributed by atoms with van der Waals surface area (Å²) in [4.78, 5) is 26.0. The Labute approximate surface area is 167 Å². The summed E-state index contributed by atoms with van der Waals surface area (Å²) in [5.74, 6) is 0.216. The Hall–Kier alpha value is -2.82. The number of carbonyl (C=O) groups excluding carboxylic acids is 2. The van der Waals surface area contributed by atoms with Crippen molar-refractivity contribution in [2.45, 2.75) is 51.7 Å². The Kier molecular flexibility index (Phi) is 7.06. The van der Waals surface area contributed by atoms with Gasteiger partial charge in [-0.15, -0.1) is 0 Å². The van der Waals surface area contributed by atoms with E-state index in [1.807, 2.05) is 54.3 Å². The molecular weight excluding hydrogens is 350 g/mol. The molecule has 148 valence electrons. The van der Waals surface area contributed by atoms with Crippen LogP contribution in [0.3, 0.4) is 0 Å². The minimum absolute atomic E-state index is 0.0951. The summed E-state index contributed by atoms with van der Waals surface area (Å²) in [6.45, 7) is 3.91. The van der Waals surface area contributed by atoms with Crippen molar-refractivity contribution in [2.75, 3.05) is 6.54 Å². The standard InChI is InChI=1S/C23H29N3O2/c1-18(13-14-19-8-3-2-4-9-19)25-23(28)24-16-20-10-5-6-11-21(20)17-26-15-7-12-22(26)27/h2-6,8-11,18H,7,12-17H2,1H3,(H2,24,25,28). The summed E-state index contributed by atoms with van der Waals surface area (Å²) >= 11 is 0. The molecule has 1 aliphatic heterocycles. The number of rotatable bonds is 8. The van der Waals surface area contributed by atoms with E-state index < -0.39 is 0 Å². The van der Waals surface area contributed by atoms with Gasteiger partial charge in [0.1, 0.15) is 0 Å². The number of hydrogen-bond acceptors (Lipinski definition) is 2. The number of carbonyl (C=O) groups is 2. The zero-order valence-electron chi connectivity index (χ0n) is 16.5. The molecule has 1 aliphatic rings. The minimum Gasteiger partial charge on any atom is -0.338 e. The average molecular weight is 380 g/mol. The first kappa shape index (κ1) is 19.9. The highest BCUT2D eigenvalue weighted by Gasteiger charge is 2.21. The van der Waals surface area contributed by atoms with Crippen LogP contribution in [0.15, 0.2) is 54.6 Å². The second-order valence-corrected chi connectivity index (χ2v) is 7.44. The van der Waals surface area contributed by atoms with Crippen molar-refractivity contribution in [1.82, 2.24) is 15.5 Å². The van der Waals surface area contributed by atoms with Gasteiger partial charge in [-0.1, -0.05) is 54.6 Å². The number of aryl methyl sites for hydroxylation is 1. The Balaban J connectivity index is 1.45. The number of urea groups is 1. The molecule has 0 saturated carbocycles. The van der Waals surface area contributed by atoms with Gasteiger partial charge in [-0.05, 0) is 42.9 Å². The molecule has 1 saturated heterocycles. The molecule has 0 radical (unpaired) electrons. The third-order valence-corrected chi connectivity index (χ3v) is 5.18. The highest BCUT2D eigenvalue weighted by molar-refractivity contribution is 5.78. The lowest BCUT2D eigenvalue weighted by Crippen LogP contribution is -2.40. The maximum atomic E-state index is 12.3. The third kappa shape index (κ3) is 5.84. The summed E-state index contributed by atoms with van der Waals surface area (Å²) < 4.78 is 0. The fraction of sp³-hybridized carbons (Fsp3) is 0.391. The Morgan fingerprint density at radius 1 is 1.07 bits per heavy atom. The van der Waals surface area contributed by atoms with Crippen molar-refractivity contribution < 1.29 is 9.59 Å². The topological polar surface area (TPSA) is 61.4 Å². The molecular formula is C23H29N3O2. The second-order valence-electron chi connectivity index (χ2n) is 7.44. The van der Waals surface area contributed by atoms with Crippen LogP contribution in [-0.4, -0.2) is 29.4 Å². The molecule has 2 N–H and O–H groups in total. The maximum absolute atomic E-state index is 12.3. The number of likely N-dealkylation sites (tertiary alicyclic amines) is 1. The van der Waals surface area contributed by atoms with E-state index >= 15 is 0 Å². The van der Waals surface area contributed by atoms with Crippen LogP contribution in [0, 0.1) is 0 Å². The number of nitrogens with one attached hydrogen (secondary N) is 2. The molecule has 5 heteroatoms. The van der Waals surface area contributed by atoms with E-state index in [2.05, 4.69) is 22.8 Å². The molecule has 3 rings (SSSR count). The second kappa shape index (κ2) is 9.93. The molecule has 5 nitrogen and oxygen atoms in total. The van der Waals surface area contributed by atoms with Crippen molar-refractivity contribution in [1.29, 1.82) is 0 Å². The third-order valence-electron chi connectivity index (χ3n) is 5.18. The highest BCUT2D eigenvalue weighted by Crippen LogP contribution is 2.17. The van der Waals surface area contributed by atoms with Gasteiger partial charge in [-0.25, -0.2) is 4.79 Å². The van der Waals surface area contributed by atoms with Crippen LogP contribution in [0.4, 0.5) is 4.79 Å². The van der Waals surface area contributed by atoms with Gasteiger partial charge in [-0.2, -0.15) is 0 Å². The molecule has 1 fully saturated rings. The van der Waals surface area contributed by atoms with Crippen molar-refractivity contribution in [3.63, 3.8) is 0 Å². The van der Waals surface area contributed by atoms with Crippen LogP contribution in [0.5, 0.6) is 0 Å². The summed E-state index contributed by atoms with van der Waals surface area (Å²) in [7, 11) is 0. The fourth-order valence-electron chi connectivity index (χ4n) is 3.51. The maximum Gasteiger partial charge on any atom is 0.315 e. The van der Waals surface area contributed by atoms with Gasteiger partial charge < -0.3 is 15.5 Å². The lowest BCUT2D eigenvalue weighted by Gasteiger charge is -2.19. The van der Waals surface area contributed by atoms with Crippen molar-refractivity contribution >= 4 is 11.9 Å². The normalized spacial score (nSPS) is 14.8. The molecule has 0 bridgehead atoms. The number of nitrogens with zero attached hydrogens (tertiary/aromatic N) is 1. The van der Waals surface area contributed by atoms with Crippen molar-refractivity contribution in [3.8, 4) is 0 Å². The first-order valence-corrected chi connectivity index (χ1v) is 10.0. The largest absolute Gasteiger partial charge is 0.338 e. The molecule has 3 amide bonds. The van der Waals surface area contributed by atoms with E-state index in [1.165, 1.54) is 5.56 Å². The van der Waals surface area contributed by atoms with Crippen molar-refractivity contribution in [3.05, 3.63) is 71.3 Å². The van der Waals surface area contributed by atoms with E-state index in [0.29, 0.717) is 19.5 Å². The summed E-state index contributed by atoms with van der Waals surface area (Å²) in [5.41, 5.74) is 3.42. The molecule has 0 aromatic heterocycles. The van der Waals surface area contributed by atoms with E-state index in [-0.39, 0.29) is 18.0 Å². The van der Waals surface area contributed by atoms with Crippen LogP contribution < -0.4 is 10.6 Å². The Bertz CT molecular complexity index is 791. The summed E-state index contributed by atoms with van der Waals surface area (Å²) in [6, 6.07) is 18.2. The molecule has 1 atom stereocenters. The smallest absolute Gasteiger partial charge is 0.315 e. The number of benzene rings is 2. The quantitative estimate of drug-likeness (QED) is 0.736. The lowest BCUT2D eigenvalue weighted by atomic mass is 10.1. The predicted octanol–water partition coefficient (Wildman–Crippen LogP) is 3.63. The van der Waals surface area contributed by atoms with Crippen LogP contribution in [0.2, 0.25) is 0 Å². The van der Waals surface area contributed by atoms with Gasteiger partial charge in [-0.3, -0.25) is 4.79 Å². The van der Waals surface area contributed by atoms with Gasteiger partial charge in [0.15, 0.2) is 0 Å². The zero-order chi connectivity index (χ0) is 19.8. The summed E-state index contributed by atoms with van der Waals surface area (Å²) in [5, 5.41) is 5.96. The van der Waals surface area contributed by atoms with E-state index in [4.69, 9.17) is 0 Å². The predicted molar refractivity (Wildman–Crippen MR) is 111 cm³/mol. The number of amides is 3. The van der Waals surface area contributed by atoms with Crippen molar-refractivity contribution in [2.24, 2.45) is 0 Å². The van der Waals surface area contributed by atoms with Crippen LogP contribution in [0.25, 0.3) is 0 Å². The summed E-state index contributed by atoms with van der Waals surface area (Å²) in [6.07, 6.45) is 3.41. The van der Waals surface area contributed by atoms with Gasteiger partial charge in [0.25, 0.3) is 0 Å². The molecule has 1 unspecified atom stereocenters. The van der Waals surface area contributed by atoms with Crippen LogP contribution in [-0.2, 0) is 24.3 Å². The number of hydrogen-bond donors (Lipinski definition) is 2. The molecule has 1 heterocycles. The van der Waals surface area contributed by atoms with E-state index in [9.17, 15) is 9.59 Å². The molecule has 0 aliphatic carbocycles. The molecule has 2 aromatic rings. The average Bonchev–Trinajstić information content (AvgIpc) is 3.11. The highest BCUT2D eigenvalue weighted by atomic mass is 16.2. The first-order chi connectivity index (χ1) is 13.6. The van der Waals surface area contributed by atoms with E-state index in [0.717, 1.165) is 36.9 Å². The SMILES string of the molecule is CC(CCc1ccccc1)NC(=O)NCc1ccccc1CN1CCCC1=O. The Morgan fingerprint density at radius 3 is 2.50 bits per heavy atom. The molecule has 28 heavy (non-hydrogen) atoms. The van der Waals surface area contributed by atoms with Gasteiger partial charge >= 0.3 is 6.03 Å².